The highest BCUT2D eigenvalue weighted by molar-refractivity contribution is 5.81. The third-order valence-electron chi connectivity index (χ3n) is 6.96. The first-order valence-electron chi connectivity index (χ1n) is 13.0. The number of hydrogen-bond donors (Lipinski definition) is 1. The molecule has 0 aliphatic rings. The van der Waals surface area contributed by atoms with Crippen molar-refractivity contribution in [1.82, 2.24) is 39.3 Å². The van der Waals surface area contributed by atoms with E-state index in [4.69, 9.17) is 0 Å². The van der Waals surface area contributed by atoms with E-state index in [2.05, 4.69) is 59.4 Å². The summed E-state index contributed by atoms with van der Waals surface area (Å²) < 4.78 is 5.74. The number of imidazole rings is 1. The quantitative estimate of drug-likeness (QED) is 0.320. The first-order valence-corrected chi connectivity index (χ1v) is 13.0. The Morgan fingerprint density at radius 1 is 1.03 bits per heavy atom. The highest BCUT2D eigenvalue weighted by atomic mass is 16.1. The average molecular weight is 511 g/mol. The van der Waals surface area contributed by atoms with Gasteiger partial charge in [0.25, 0.3) is 0 Å². The minimum absolute atomic E-state index is 0.0512. The Labute approximate surface area is 222 Å². The molecule has 4 heterocycles. The summed E-state index contributed by atoms with van der Waals surface area (Å²) in [6, 6.07) is 12.0. The van der Waals surface area contributed by atoms with Crippen LogP contribution in [-0.2, 0) is 25.4 Å². The maximum Gasteiger partial charge on any atom is 0.334 e. The van der Waals surface area contributed by atoms with Gasteiger partial charge in [0.05, 0.1) is 6.54 Å². The molecule has 0 aliphatic heterocycles. The minimum Gasteiger partial charge on any atom is -0.337 e. The molecule has 4 aromatic heterocycles. The third kappa shape index (κ3) is 4.71. The normalized spacial score (nSPS) is 11.8. The van der Waals surface area contributed by atoms with Crippen molar-refractivity contribution in [3.8, 4) is 28.3 Å². The molecule has 0 saturated carbocycles. The smallest absolute Gasteiger partial charge is 0.334 e. The number of unbranched alkanes of at least 4 members (excludes halogenated alkanes) is 1. The van der Waals surface area contributed by atoms with E-state index in [0.717, 1.165) is 58.6 Å². The second-order valence-corrected chi connectivity index (χ2v) is 10.7. The molecule has 5 aromatic rings. The fourth-order valence-electron chi connectivity index (χ4n) is 4.99. The molecule has 0 atom stereocenters. The molecule has 5 rings (SSSR count). The molecule has 0 unspecified atom stereocenters. The highest BCUT2D eigenvalue weighted by Crippen LogP contribution is 2.33. The predicted molar refractivity (Wildman–Crippen MR) is 148 cm³/mol. The zero-order valence-electron chi connectivity index (χ0n) is 22.6. The zero-order chi connectivity index (χ0) is 26.9. The number of nitrogens with zero attached hydrogens (tertiary/aromatic N) is 7. The van der Waals surface area contributed by atoms with Gasteiger partial charge in [0.2, 0.25) is 5.82 Å². The number of pyridine rings is 1. The lowest BCUT2D eigenvalue weighted by molar-refractivity contribution is 0.581. The van der Waals surface area contributed by atoms with Crippen molar-refractivity contribution in [2.45, 2.75) is 58.9 Å². The molecule has 0 fully saturated rings. The van der Waals surface area contributed by atoms with Crippen LogP contribution in [0, 0.1) is 0 Å². The first kappa shape index (κ1) is 25.4. The van der Waals surface area contributed by atoms with Crippen molar-refractivity contribution in [3.63, 3.8) is 0 Å². The lowest BCUT2D eigenvalue weighted by Crippen LogP contribution is -2.27. The van der Waals surface area contributed by atoms with E-state index in [1.165, 1.54) is 0 Å². The minimum atomic E-state index is -0.100. The number of tetrazole rings is 1. The summed E-state index contributed by atoms with van der Waals surface area (Å²) in [5, 5.41) is 14.7. The topological polar surface area (TPSA) is 99.2 Å². The van der Waals surface area contributed by atoms with Gasteiger partial charge in [0.15, 0.2) is 0 Å². The Kier molecular flexibility index (Phi) is 6.84. The molecule has 0 radical (unpaired) electrons. The van der Waals surface area contributed by atoms with Gasteiger partial charge in [-0.1, -0.05) is 58.4 Å². The molecule has 1 N–H and O–H groups in total. The molecule has 0 bridgehead atoms. The summed E-state index contributed by atoms with van der Waals surface area (Å²) in [6.45, 7) is 9.10. The number of aromatic amines is 1. The largest absolute Gasteiger partial charge is 0.337 e. The third-order valence-corrected chi connectivity index (χ3v) is 6.96. The molecule has 38 heavy (non-hydrogen) atoms. The summed E-state index contributed by atoms with van der Waals surface area (Å²) in [6.07, 6.45) is 10.5. The van der Waals surface area contributed by atoms with Crippen LogP contribution in [0.4, 0.5) is 0 Å². The number of H-pyrrole nitrogens is 1. The molecule has 1 aromatic carbocycles. The Bertz CT molecular complexity index is 1600. The molecular formula is C29H34N8O. The second kappa shape index (κ2) is 10.2. The number of nitrogens with one attached hydrogen (secondary N) is 1. The van der Waals surface area contributed by atoms with E-state index in [1.807, 2.05) is 69.7 Å². The molecule has 0 amide bonds. The molecule has 9 heteroatoms. The van der Waals surface area contributed by atoms with Gasteiger partial charge >= 0.3 is 5.69 Å². The van der Waals surface area contributed by atoms with Gasteiger partial charge in [0, 0.05) is 48.7 Å². The van der Waals surface area contributed by atoms with Crippen LogP contribution < -0.4 is 5.69 Å². The standard InChI is InChI=1S/C29H34N8O/c1-6-7-10-21-19-37(27-25(29(2,3)4)14-16-35(27)5)28(38)36(21)18-20-17-30-15-13-22(20)23-11-8-9-12-24(23)26-31-33-34-32-26/h8-9,11-17,19H,6-7,10,18H2,1-5H3,(H,31,32,33,34). The van der Waals surface area contributed by atoms with Crippen LogP contribution in [0.5, 0.6) is 0 Å². The van der Waals surface area contributed by atoms with Crippen LogP contribution in [0.2, 0.25) is 0 Å². The SMILES string of the molecule is CCCCc1cn(-c2c(C(C)(C)C)ccn2C)c(=O)n1Cc1cnccc1-c1ccccc1-c1nn[nH]n1. The molecule has 9 nitrogen and oxygen atoms in total. The Balaban J connectivity index is 1.64. The van der Waals surface area contributed by atoms with Crippen LogP contribution in [0.3, 0.4) is 0 Å². The van der Waals surface area contributed by atoms with Crippen LogP contribution in [0.25, 0.3) is 28.3 Å². The zero-order valence-corrected chi connectivity index (χ0v) is 22.6. The van der Waals surface area contributed by atoms with E-state index in [1.54, 1.807) is 6.20 Å². The van der Waals surface area contributed by atoms with E-state index in [-0.39, 0.29) is 11.1 Å². The lowest BCUT2D eigenvalue weighted by atomic mass is 9.88. The molecule has 196 valence electrons. The number of aryl methyl sites for hydroxylation is 2. The van der Waals surface area contributed by atoms with Gasteiger partial charge in [-0.25, -0.2) is 4.79 Å². The van der Waals surface area contributed by atoms with Crippen molar-refractivity contribution in [2.75, 3.05) is 0 Å². The van der Waals surface area contributed by atoms with Crippen LogP contribution in [0.1, 0.15) is 57.4 Å². The monoisotopic (exact) mass is 510 g/mol. The number of benzene rings is 1. The summed E-state index contributed by atoms with van der Waals surface area (Å²) in [5.41, 5.74) is 5.76. The molecule has 0 saturated heterocycles. The first-order chi connectivity index (χ1) is 18.3. The van der Waals surface area contributed by atoms with Gasteiger partial charge in [-0.3, -0.25) is 14.1 Å². The van der Waals surface area contributed by atoms with Gasteiger partial charge in [-0.2, -0.15) is 5.21 Å². The van der Waals surface area contributed by atoms with Crippen LogP contribution >= 0.6 is 0 Å². The summed E-state index contributed by atoms with van der Waals surface area (Å²) in [5.74, 6) is 1.43. The van der Waals surface area contributed by atoms with Gasteiger partial charge in [0.1, 0.15) is 5.82 Å². The maximum atomic E-state index is 14.0. The van der Waals surface area contributed by atoms with E-state index >= 15 is 0 Å². The fourth-order valence-corrected chi connectivity index (χ4v) is 4.99. The van der Waals surface area contributed by atoms with Gasteiger partial charge in [-0.15, -0.1) is 10.2 Å². The summed E-state index contributed by atoms with van der Waals surface area (Å²) in [4.78, 5) is 18.5. The molecule has 0 aliphatic carbocycles. The summed E-state index contributed by atoms with van der Waals surface area (Å²) in [7, 11) is 1.99. The predicted octanol–water partition coefficient (Wildman–Crippen LogP) is 4.91. The van der Waals surface area contributed by atoms with Crippen LogP contribution in [-0.4, -0.2) is 39.3 Å². The van der Waals surface area contributed by atoms with Gasteiger partial charge in [-0.05, 0) is 52.3 Å². The fraction of sp³-hybridized carbons (Fsp3) is 0.345. The van der Waals surface area contributed by atoms with Crippen molar-refractivity contribution in [3.05, 3.63) is 88.5 Å². The van der Waals surface area contributed by atoms with Crippen molar-refractivity contribution < 1.29 is 0 Å². The van der Waals surface area contributed by atoms with Crippen molar-refractivity contribution in [1.29, 1.82) is 0 Å². The Hall–Kier alpha value is -4.27. The number of aromatic nitrogens is 8. The van der Waals surface area contributed by atoms with E-state index in [0.29, 0.717) is 12.4 Å². The highest BCUT2D eigenvalue weighted by Gasteiger charge is 2.25. The summed E-state index contributed by atoms with van der Waals surface area (Å²) >= 11 is 0. The second-order valence-electron chi connectivity index (χ2n) is 10.7. The van der Waals surface area contributed by atoms with Crippen molar-refractivity contribution >= 4 is 0 Å². The van der Waals surface area contributed by atoms with E-state index < -0.39 is 0 Å². The molecular weight excluding hydrogens is 476 g/mol. The van der Waals surface area contributed by atoms with Crippen molar-refractivity contribution in [2.24, 2.45) is 7.05 Å². The Morgan fingerprint density at radius 2 is 1.82 bits per heavy atom. The maximum absolute atomic E-state index is 14.0. The average Bonchev–Trinajstić information content (AvgIpc) is 3.63. The number of hydrogen-bond acceptors (Lipinski definition) is 5. The van der Waals surface area contributed by atoms with E-state index in [9.17, 15) is 4.79 Å². The Morgan fingerprint density at radius 3 is 2.53 bits per heavy atom. The lowest BCUT2D eigenvalue weighted by Gasteiger charge is -2.20. The molecule has 0 spiro atoms. The van der Waals surface area contributed by atoms with Gasteiger partial charge < -0.3 is 4.57 Å². The van der Waals surface area contributed by atoms with Crippen LogP contribution in [0.15, 0.2) is 66.0 Å². The number of rotatable bonds is 8.